The Hall–Kier alpha value is 0.549. The molecular formula is H3FeO6P. The van der Waals surface area contributed by atoms with E-state index in [-0.39, 0.29) is 17.1 Å². The van der Waals surface area contributed by atoms with Gasteiger partial charge in [-0.25, -0.2) is 15.1 Å². The van der Waals surface area contributed by atoms with Gasteiger partial charge in [0.25, 0.3) is 0 Å². The Bertz CT molecular complexity index is 80.5. The quantitative estimate of drug-likeness (QED) is 0.244. The van der Waals surface area contributed by atoms with Crippen molar-refractivity contribution in [2.45, 2.75) is 0 Å². The van der Waals surface area contributed by atoms with Gasteiger partial charge >= 0.3 is 7.82 Å². The van der Waals surface area contributed by atoms with Gasteiger partial charge in [-0.15, -0.1) is 9.35 Å². The van der Waals surface area contributed by atoms with Gasteiger partial charge in [-0.05, 0) is 0 Å². The maximum atomic E-state index is 9.56. The van der Waals surface area contributed by atoms with E-state index in [2.05, 4.69) is 9.35 Å². The molecule has 0 spiro atoms. The monoisotopic (exact) mass is 186 g/mol. The van der Waals surface area contributed by atoms with Gasteiger partial charge in [0.1, 0.15) is 0 Å². The Labute approximate surface area is 55.0 Å². The second kappa shape index (κ2) is 4.43. The van der Waals surface area contributed by atoms with Crippen molar-refractivity contribution in [2.24, 2.45) is 0 Å². The van der Waals surface area contributed by atoms with Crippen LogP contribution < -0.4 is 0 Å². The van der Waals surface area contributed by atoms with Gasteiger partial charge < -0.3 is 0 Å². The molecule has 0 aromatic carbocycles. The molecule has 0 atom stereocenters. The van der Waals surface area contributed by atoms with Crippen LogP contribution in [-0.2, 0) is 31.0 Å². The van der Waals surface area contributed by atoms with Gasteiger partial charge in [0.05, 0.1) is 0 Å². The van der Waals surface area contributed by atoms with Crippen LogP contribution in [0.2, 0.25) is 0 Å². The van der Waals surface area contributed by atoms with Gasteiger partial charge in [-0.3, -0.25) is 4.89 Å². The Morgan fingerprint density at radius 2 is 1.50 bits per heavy atom. The van der Waals surface area contributed by atoms with Gasteiger partial charge in [0.15, 0.2) is 0 Å². The fraction of sp³-hybridized carbons (Fsp3) is 0. The third-order valence-corrected chi connectivity index (χ3v) is 0.619. The van der Waals surface area contributed by atoms with Crippen molar-refractivity contribution < 1.29 is 46.4 Å². The maximum Gasteiger partial charge on any atom is 0.526 e. The topological polar surface area (TPSA) is 96.2 Å². The minimum Gasteiger partial charge on any atom is -0.299 e. The summed E-state index contributed by atoms with van der Waals surface area (Å²) in [4.78, 5) is 7.74. The number of hydrogen-bond acceptors (Lipinski definition) is 5. The van der Waals surface area contributed by atoms with Crippen LogP contribution in [0.3, 0.4) is 0 Å². The minimum absolute atomic E-state index is 0. The molecule has 0 aliphatic heterocycles. The molecule has 8 heavy (non-hydrogen) atoms. The van der Waals surface area contributed by atoms with E-state index in [0.29, 0.717) is 0 Å². The average Bonchev–Trinajstić information content (AvgIpc) is 1.68. The predicted molar refractivity (Wildman–Crippen MR) is 17.3 cm³/mol. The van der Waals surface area contributed by atoms with Gasteiger partial charge in [-0.2, -0.15) is 0 Å². The molecule has 0 bridgehead atoms. The normalized spacial score (nSPS) is 10.4. The predicted octanol–water partition coefficient (Wildman–Crippen LogP) is 0.0635. The van der Waals surface area contributed by atoms with E-state index in [1.807, 2.05) is 0 Å². The van der Waals surface area contributed by atoms with Crippen LogP contribution in [0.4, 0.5) is 0 Å². The minimum atomic E-state index is -4.54. The van der Waals surface area contributed by atoms with Crippen LogP contribution in [-0.4, -0.2) is 15.4 Å². The van der Waals surface area contributed by atoms with E-state index in [0.717, 1.165) is 0 Å². The summed E-state index contributed by atoms with van der Waals surface area (Å²) in [6, 6.07) is 0. The third kappa shape index (κ3) is 4.70. The zero-order valence-corrected chi connectivity index (χ0v) is 5.37. The zero-order valence-electron chi connectivity index (χ0n) is 3.37. The summed E-state index contributed by atoms with van der Waals surface area (Å²) in [6.45, 7) is 0. The molecule has 0 fully saturated rings. The molecule has 8 heteroatoms. The van der Waals surface area contributed by atoms with Crippen molar-refractivity contribution in [2.75, 3.05) is 0 Å². The van der Waals surface area contributed by atoms with Crippen LogP contribution in [0.15, 0.2) is 0 Å². The molecule has 0 heterocycles. The first-order valence-electron chi connectivity index (χ1n) is 1.11. The van der Waals surface area contributed by atoms with E-state index in [4.69, 9.17) is 15.4 Å². The molecule has 0 radical (unpaired) electrons. The van der Waals surface area contributed by atoms with E-state index in [1.165, 1.54) is 0 Å². The Balaban J connectivity index is 0. The van der Waals surface area contributed by atoms with Crippen LogP contribution in [0.1, 0.15) is 0 Å². The van der Waals surface area contributed by atoms with E-state index < -0.39 is 7.82 Å². The van der Waals surface area contributed by atoms with Crippen molar-refractivity contribution in [3.05, 3.63) is 0 Å². The van der Waals surface area contributed by atoms with Gasteiger partial charge in [0.2, 0.25) is 0 Å². The molecule has 52 valence electrons. The van der Waals surface area contributed by atoms with Crippen LogP contribution >= 0.6 is 7.82 Å². The van der Waals surface area contributed by atoms with E-state index in [1.54, 1.807) is 0 Å². The first-order valence-corrected chi connectivity index (χ1v) is 2.61. The molecule has 0 rings (SSSR count). The van der Waals surface area contributed by atoms with Crippen molar-refractivity contribution in [1.29, 1.82) is 0 Å². The first kappa shape index (κ1) is 11.4. The number of phosphoric acid groups is 1. The molecular weight excluding hydrogens is 183 g/mol. The summed E-state index contributed by atoms with van der Waals surface area (Å²) in [5, 5.41) is 14.6. The second-order valence-corrected chi connectivity index (χ2v) is 1.90. The van der Waals surface area contributed by atoms with Crippen molar-refractivity contribution in [3.63, 3.8) is 0 Å². The van der Waals surface area contributed by atoms with Crippen molar-refractivity contribution in [1.82, 2.24) is 0 Å². The SMILES string of the molecule is O=P(O)(OO)OO.[Fe]. The molecule has 0 aromatic rings. The molecule has 0 unspecified atom stereocenters. The average molecular weight is 186 g/mol. The molecule has 0 amide bonds. The maximum absolute atomic E-state index is 9.56. The Morgan fingerprint density at radius 3 is 1.50 bits per heavy atom. The van der Waals surface area contributed by atoms with Crippen molar-refractivity contribution >= 4 is 7.82 Å². The summed E-state index contributed by atoms with van der Waals surface area (Å²) in [6.07, 6.45) is 0. The van der Waals surface area contributed by atoms with Gasteiger partial charge in [0, 0.05) is 17.1 Å². The Kier molecular flexibility index (Phi) is 6.29. The van der Waals surface area contributed by atoms with Crippen LogP contribution in [0.5, 0.6) is 0 Å². The van der Waals surface area contributed by atoms with Crippen molar-refractivity contribution in [3.8, 4) is 0 Å². The molecule has 0 saturated heterocycles. The van der Waals surface area contributed by atoms with E-state index in [9.17, 15) is 4.57 Å². The fourth-order valence-electron chi connectivity index (χ4n) is 0.0149. The zero-order chi connectivity index (χ0) is 5.91. The molecule has 6 nitrogen and oxygen atoms in total. The summed E-state index contributed by atoms with van der Waals surface area (Å²) in [7, 11) is -4.54. The fourth-order valence-corrected chi connectivity index (χ4v) is 0.0447. The largest absolute Gasteiger partial charge is 0.526 e. The van der Waals surface area contributed by atoms with E-state index >= 15 is 0 Å². The second-order valence-electron chi connectivity index (χ2n) is 0.632. The summed E-state index contributed by atoms with van der Waals surface area (Å²) < 4.78 is 15.0. The van der Waals surface area contributed by atoms with Crippen LogP contribution in [0.25, 0.3) is 0 Å². The molecule has 0 aliphatic rings. The molecule has 0 aromatic heterocycles. The third-order valence-electron chi connectivity index (χ3n) is 0.206. The molecule has 0 saturated carbocycles. The summed E-state index contributed by atoms with van der Waals surface area (Å²) >= 11 is 0. The summed E-state index contributed by atoms with van der Waals surface area (Å²) in [5.74, 6) is 0. The number of rotatable bonds is 2. The molecule has 0 aliphatic carbocycles. The smallest absolute Gasteiger partial charge is 0.299 e. The first-order chi connectivity index (χ1) is 3.12. The Morgan fingerprint density at radius 1 is 1.25 bits per heavy atom. The van der Waals surface area contributed by atoms with Crippen LogP contribution in [0, 0.1) is 0 Å². The van der Waals surface area contributed by atoms with Gasteiger partial charge in [-0.1, -0.05) is 0 Å². The summed E-state index contributed by atoms with van der Waals surface area (Å²) in [5.41, 5.74) is 0. The number of hydrogen-bond donors (Lipinski definition) is 3. The standard InChI is InChI=1S/Fe.H3O6P/c;1-5-7(3,4)6-2/h;1-2H,(H,3,4). The molecule has 3 N–H and O–H groups in total.